The van der Waals surface area contributed by atoms with Gasteiger partial charge >= 0.3 is 12.0 Å². The minimum atomic E-state index is -0.926. The molecule has 3 amide bonds. The van der Waals surface area contributed by atoms with Gasteiger partial charge in [-0.3, -0.25) is 9.59 Å². The Morgan fingerprint density at radius 2 is 1.80 bits per heavy atom. The molecule has 0 aliphatic heterocycles. The molecule has 3 N–H and O–H groups in total. The lowest BCUT2D eigenvalue weighted by atomic mass is 9.93. The molecule has 1 atom stereocenters. The summed E-state index contributed by atoms with van der Waals surface area (Å²) in [6, 6.07) is -1.14. The van der Waals surface area contributed by atoms with E-state index in [1.165, 1.54) is 4.90 Å². The van der Waals surface area contributed by atoms with Gasteiger partial charge in [0.25, 0.3) is 0 Å². The third kappa shape index (κ3) is 4.40. The number of nitrogens with one attached hydrogen (secondary N) is 2. The van der Waals surface area contributed by atoms with Crippen LogP contribution < -0.4 is 10.6 Å². The van der Waals surface area contributed by atoms with Crippen molar-refractivity contribution in [1.29, 1.82) is 0 Å². The van der Waals surface area contributed by atoms with E-state index >= 15 is 0 Å². The third-order valence-electron chi connectivity index (χ3n) is 3.59. The molecule has 0 saturated heterocycles. The van der Waals surface area contributed by atoms with Crippen molar-refractivity contribution in [1.82, 2.24) is 15.5 Å². The van der Waals surface area contributed by atoms with E-state index in [0.29, 0.717) is 12.8 Å². The van der Waals surface area contributed by atoms with Crippen LogP contribution in [0.4, 0.5) is 4.79 Å². The highest BCUT2D eigenvalue weighted by molar-refractivity contribution is 5.86. The van der Waals surface area contributed by atoms with E-state index in [9.17, 15) is 14.4 Å². The van der Waals surface area contributed by atoms with Crippen molar-refractivity contribution in [3.8, 4) is 0 Å². The molecule has 7 heteroatoms. The summed E-state index contributed by atoms with van der Waals surface area (Å²) in [4.78, 5) is 35.9. The minimum Gasteiger partial charge on any atom is -0.481 e. The molecule has 1 fully saturated rings. The number of carbonyl (C=O) groups is 3. The monoisotopic (exact) mass is 285 g/mol. The molecule has 0 aromatic heterocycles. The minimum absolute atomic E-state index is 0.0869. The highest BCUT2D eigenvalue weighted by Crippen LogP contribution is 2.32. The average molecular weight is 285 g/mol. The quantitative estimate of drug-likeness (QED) is 0.687. The number of carboxylic acid groups (broad SMARTS) is 1. The van der Waals surface area contributed by atoms with Gasteiger partial charge in [-0.15, -0.1) is 0 Å². The van der Waals surface area contributed by atoms with E-state index in [0.717, 1.165) is 12.8 Å². The van der Waals surface area contributed by atoms with Gasteiger partial charge in [-0.05, 0) is 19.8 Å². The number of urea groups is 1. The molecule has 1 aliphatic carbocycles. The zero-order chi connectivity index (χ0) is 15.3. The highest BCUT2D eigenvalue weighted by atomic mass is 16.4. The fourth-order valence-electron chi connectivity index (χ4n) is 2.61. The Morgan fingerprint density at radius 1 is 1.25 bits per heavy atom. The molecule has 0 aromatic rings. The molecule has 1 saturated carbocycles. The van der Waals surface area contributed by atoms with Crippen molar-refractivity contribution in [2.24, 2.45) is 0 Å². The predicted octanol–water partition coefficient (Wildman–Crippen LogP) is 0.550. The predicted molar refractivity (Wildman–Crippen MR) is 73.3 cm³/mol. The van der Waals surface area contributed by atoms with Crippen molar-refractivity contribution in [2.75, 3.05) is 14.1 Å². The topological polar surface area (TPSA) is 98.7 Å². The van der Waals surface area contributed by atoms with Crippen molar-refractivity contribution in [2.45, 2.75) is 50.6 Å². The van der Waals surface area contributed by atoms with E-state index < -0.39 is 23.6 Å². The summed E-state index contributed by atoms with van der Waals surface area (Å²) < 4.78 is 0. The van der Waals surface area contributed by atoms with Gasteiger partial charge in [-0.25, -0.2) is 4.79 Å². The van der Waals surface area contributed by atoms with Gasteiger partial charge < -0.3 is 20.6 Å². The highest BCUT2D eigenvalue weighted by Gasteiger charge is 2.37. The van der Waals surface area contributed by atoms with Crippen LogP contribution in [0.5, 0.6) is 0 Å². The van der Waals surface area contributed by atoms with E-state index in [-0.39, 0.29) is 12.3 Å². The lowest BCUT2D eigenvalue weighted by Gasteiger charge is -2.29. The molecule has 0 aromatic carbocycles. The van der Waals surface area contributed by atoms with Gasteiger partial charge in [0.05, 0.1) is 12.0 Å². The van der Waals surface area contributed by atoms with E-state index in [1.54, 1.807) is 21.0 Å². The fraction of sp³-hybridized carbons (Fsp3) is 0.769. The first-order valence-corrected chi connectivity index (χ1v) is 6.77. The van der Waals surface area contributed by atoms with Crippen LogP contribution in [0.15, 0.2) is 0 Å². The molecule has 20 heavy (non-hydrogen) atoms. The Hall–Kier alpha value is -1.79. The summed E-state index contributed by atoms with van der Waals surface area (Å²) in [5.41, 5.74) is -0.684. The number of aliphatic carboxylic acids is 1. The lowest BCUT2D eigenvalue weighted by Crippen LogP contribution is -2.55. The maximum atomic E-state index is 11.9. The maximum Gasteiger partial charge on any atom is 0.315 e. The summed E-state index contributed by atoms with van der Waals surface area (Å²) in [6.07, 6.45) is 3.03. The second kappa shape index (κ2) is 6.58. The summed E-state index contributed by atoms with van der Waals surface area (Å²) in [5.74, 6) is -1.14. The zero-order valence-corrected chi connectivity index (χ0v) is 12.2. The van der Waals surface area contributed by atoms with Crippen LogP contribution in [0.3, 0.4) is 0 Å². The number of carboxylic acids is 1. The molecule has 0 radical (unpaired) electrons. The molecule has 0 heterocycles. The first-order valence-electron chi connectivity index (χ1n) is 6.77. The normalized spacial score (nSPS) is 18.1. The van der Waals surface area contributed by atoms with Crippen molar-refractivity contribution in [3.05, 3.63) is 0 Å². The van der Waals surface area contributed by atoms with Crippen LogP contribution in [0, 0.1) is 0 Å². The lowest BCUT2D eigenvalue weighted by molar-refractivity contribution is -0.138. The van der Waals surface area contributed by atoms with E-state index in [2.05, 4.69) is 10.6 Å². The summed E-state index contributed by atoms with van der Waals surface area (Å²) >= 11 is 0. The molecular weight excluding hydrogens is 262 g/mol. The molecule has 0 spiro atoms. The number of nitrogens with zero attached hydrogens (tertiary/aromatic N) is 1. The van der Waals surface area contributed by atoms with E-state index in [4.69, 9.17) is 5.11 Å². The van der Waals surface area contributed by atoms with Gasteiger partial charge in [-0.1, -0.05) is 12.8 Å². The average Bonchev–Trinajstić information content (AvgIpc) is 2.74. The maximum absolute atomic E-state index is 11.9. The number of hydrogen-bond donors (Lipinski definition) is 3. The number of carbonyl (C=O) groups excluding carboxylic acids is 2. The Kier molecular flexibility index (Phi) is 5.35. The second-order valence-corrected chi connectivity index (χ2v) is 5.61. The SMILES string of the molecule is CC(NC(=O)NC1(CC(=O)O)CCCC1)C(=O)N(C)C. The fourth-order valence-corrected chi connectivity index (χ4v) is 2.61. The summed E-state index contributed by atoms with van der Waals surface area (Å²) in [7, 11) is 3.22. The second-order valence-electron chi connectivity index (χ2n) is 5.61. The van der Waals surface area contributed by atoms with Gasteiger partial charge in [0, 0.05) is 14.1 Å². The molecule has 1 rings (SSSR count). The zero-order valence-electron chi connectivity index (χ0n) is 12.2. The van der Waals surface area contributed by atoms with Crippen LogP contribution >= 0.6 is 0 Å². The summed E-state index contributed by atoms with van der Waals surface area (Å²) in [5, 5.41) is 14.3. The molecule has 1 unspecified atom stereocenters. The van der Waals surface area contributed by atoms with Crippen LogP contribution in [-0.4, -0.2) is 53.6 Å². The Morgan fingerprint density at radius 3 is 2.25 bits per heavy atom. The van der Waals surface area contributed by atoms with E-state index in [1.807, 2.05) is 0 Å². The first-order chi connectivity index (χ1) is 9.26. The Labute approximate surface area is 118 Å². The van der Waals surface area contributed by atoms with Crippen LogP contribution in [0.2, 0.25) is 0 Å². The number of rotatable bonds is 5. The van der Waals surface area contributed by atoms with Crippen molar-refractivity contribution < 1.29 is 19.5 Å². The van der Waals surface area contributed by atoms with Crippen LogP contribution in [0.25, 0.3) is 0 Å². The Balaban J connectivity index is 2.59. The molecule has 7 nitrogen and oxygen atoms in total. The molecule has 114 valence electrons. The number of likely N-dealkylation sites (N-methyl/N-ethyl adjacent to an activating group) is 1. The largest absolute Gasteiger partial charge is 0.481 e. The van der Waals surface area contributed by atoms with Crippen molar-refractivity contribution in [3.63, 3.8) is 0 Å². The van der Waals surface area contributed by atoms with Crippen LogP contribution in [-0.2, 0) is 9.59 Å². The van der Waals surface area contributed by atoms with Gasteiger partial charge in [0.2, 0.25) is 5.91 Å². The van der Waals surface area contributed by atoms with Gasteiger partial charge in [-0.2, -0.15) is 0 Å². The molecule has 0 bridgehead atoms. The number of hydrogen-bond acceptors (Lipinski definition) is 3. The van der Waals surface area contributed by atoms with Crippen molar-refractivity contribution >= 4 is 17.9 Å². The smallest absolute Gasteiger partial charge is 0.315 e. The first kappa shape index (κ1) is 16.3. The van der Waals surface area contributed by atoms with Crippen LogP contribution in [0.1, 0.15) is 39.0 Å². The van der Waals surface area contributed by atoms with Gasteiger partial charge in [0.15, 0.2) is 0 Å². The molecule has 1 aliphatic rings. The molecular formula is C13H23N3O4. The summed E-state index contributed by atoms with van der Waals surface area (Å²) in [6.45, 7) is 1.60. The standard InChI is InChI=1S/C13H23N3O4/c1-9(11(19)16(2)3)14-12(20)15-13(8-10(17)18)6-4-5-7-13/h9H,4-8H2,1-3H3,(H,17,18)(H2,14,15,20). The number of amides is 3. The third-order valence-corrected chi connectivity index (χ3v) is 3.59. The van der Waals surface area contributed by atoms with Gasteiger partial charge in [0.1, 0.15) is 6.04 Å². The Bertz CT molecular complexity index is 389.